The Labute approximate surface area is 86.4 Å². The average Bonchev–Trinajstić information content (AvgIpc) is 2.75. The summed E-state index contributed by atoms with van der Waals surface area (Å²) >= 11 is 1.62. The molecule has 2 N–H and O–H groups in total. The number of nitrogens with zero attached hydrogens (tertiary/aromatic N) is 3. The molecule has 2 heterocycles. The molecule has 0 bridgehead atoms. The van der Waals surface area contributed by atoms with E-state index in [1.807, 2.05) is 16.9 Å². The second-order valence-electron chi connectivity index (χ2n) is 3.10. The van der Waals surface area contributed by atoms with Crippen molar-refractivity contribution in [1.29, 1.82) is 0 Å². The van der Waals surface area contributed by atoms with Gasteiger partial charge in [-0.05, 0) is 24.8 Å². The second-order valence-corrected chi connectivity index (χ2v) is 3.98. The van der Waals surface area contributed by atoms with Gasteiger partial charge < -0.3 is 10.3 Å². The number of rotatable bonds is 2. The van der Waals surface area contributed by atoms with Gasteiger partial charge in [-0.25, -0.2) is 0 Å². The van der Waals surface area contributed by atoms with Crippen molar-refractivity contribution in [2.24, 2.45) is 0 Å². The molecular formula is C9H12N4S. The Morgan fingerprint density at radius 3 is 2.93 bits per heavy atom. The lowest BCUT2D eigenvalue weighted by molar-refractivity contribution is 0.768. The van der Waals surface area contributed by atoms with Crippen LogP contribution >= 0.6 is 11.3 Å². The molecule has 4 nitrogen and oxygen atoms in total. The third kappa shape index (κ3) is 1.29. The summed E-state index contributed by atoms with van der Waals surface area (Å²) in [4.78, 5) is 1.02. The van der Waals surface area contributed by atoms with E-state index in [9.17, 15) is 0 Å². The highest BCUT2D eigenvalue weighted by Gasteiger charge is 2.12. The van der Waals surface area contributed by atoms with Crippen LogP contribution in [0.4, 0.5) is 5.69 Å². The van der Waals surface area contributed by atoms with Crippen LogP contribution in [0.5, 0.6) is 0 Å². The fourth-order valence-corrected chi connectivity index (χ4v) is 2.26. The summed E-state index contributed by atoms with van der Waals surface area (Å²) < 4.78 is 1.99. The van der Waals surface area contributed by atoms with E-state index >= 15 is 0 Å². The lowest BCUT2D eigenvalue weighted by Gasteiger charge is -2.01. The van der Waals surface area contributed by atoms with E-state index < -0.39 is 0 Å². The third-order valence-corrected chi connectivity index (χ3v) is 3.29. The Balaban J connectivity index is 2.54. The third-order valence-electron chi connectivity index (χ3n) is 2.18. The van der Waals surface area contributed by atoms with Gasteiger partial charge in [-0.15, -0.1) is 21.5 Å². The molecule has 0 aliphatic heterocycles. The highest BCUT2D eigenvalue weighted by molar-refractivity contribution is 7.14. The highest BCUT2D eigenvalue weighted by Crippen LogP contribution is 2.33. The minimum absolute atomic E-state index is 0.817. The summed E-state index contributed by atoms with van der Waals surface area (Å²) in [7, 11) is 0. The fourth-order valence-electron chi connectivity index (χ4n) is 1.29. The van der Waals surface area contributed by atoms with Gasteiger partial charge in [0.15, 0.2) is 5.82 Å². The van der Waals surface area contributed by atoms with Crippen molar-refractivity contribution >= 4 is 17.0 Å². The van der Waals surface area contributed by atoms with E-state index in [4.69, 9.17) is 5.73 Å². The molecule has 0 unspecified atom stereocenters. The van der Waals surface area contributed by atoms with Crippen LogP contribution in [0.1, 0.15) is 12.5 Å². The molecule has 0 fully saturated rings. The van der Waals surface area contributed by atoms with Crippen LogP contribution in [0.25, 0.3) is 10.7 Å². The fraction of sp³-hybridized carbons (Fsp3) is 0.333. The summed E-state index contributed by atoms with van der Waals surface area (Å²) in [6.45, 7) is 4.92. The van der Waals surface area contributed by atoms with Crippen LogP contribution in [-0.2, 0) is 6.54 Å². The first kappa shape index (κ1) is 9.21. The molecule has 0 amide bonds. The maximum atomic E-state index is 5.95. The Kier molecular flexibility index (Phi) is 2.25. The summed E-state index contributed by atoms with van der Waals surface area (Å²) in [6, 6.07) is 0. The average molecular weight is 208 g/mol. The number of hydrogen-bond acceptors (Lipinski definition) is 4. The Morgan fingerprint density at radius 2 is 2.36 bits per heavy atom. The number of anilines is 1. The van der Waals surface area contributed by atoms with Gasteiger partial charge >= 0.3 is 0 Å². The minimum Gasteiger partial charge on any atom is -0.397 e. The molecule has 2 aromatic heterocycles. The van der Waals surface area contributed by atoms with Gasteiger partial charge in [0, 0.05) is 6.54 Å². The number of hydrogen-bond donors (Lipinski definition) is 1. The molecule has 0 aliphatic rings. The van der Waals surface area contributed by atoms with Gasteiger partial charge in [0.05, 0.1) is 10.6 Å². The summed E-state index contributed by atoms with van der Waals surface area (Å²) in [5, 5.41) is 10.00. The van der Waals surface area contributed by atoms with Gasteiger partial charge in [-0.3, -0.25) is 0 Å². The molecule has 0 saturated heterocycles. The van der Waals surface area contributed by atoms with Gasteiger partial charge in [-0.2, -0.15) is 0 Å². The summed E-state index contributed by atoms with van der Waals surface area (Å²) in [5.74, 6) is 0.864. The van der Waals surface area contributed by atoms with E-state index in [1.165, 1.54) is 0 Å². The van der Waals surface area contributed by atoms with Crippen molar-refractivity contribution in [3.63, 3.8) is 0 Å². The zero-order valence-corrected chi connectivity index (χ0v) is 9.01. The Hall–Kier alpha value is -1.36. The molecule has 0 atom stereocenters. The number of thiophene rings is 1. The van der Waals surface area contributed by atoms with Gasteiger partial charge in [0.25, 0.3) is 0 Å². The Bertz CT molecular complexity index is 443. The maximum Gasteiger partial charge on any atom is 0.175 e. The first-order valence-electron chi connectivity index (χ1n) is 4.45. The first-order valence-corrected chi connectivity index (χ1v) is 5.33. The molecule has 0 spiro atoms. The van der Waals surface area contributed by atoms with Crippen LogP contribution in [-0.4, -0.2) is 14.8 Å². The van der Waals surface area contributed by atoms with E-state index in [1.54, 1.807) is 17.7 Å². The van der Waals surface area contributed by atoms with E-state index in [0.717, 1.165) is 28.5 Å². The number of aromatic nitrogens is 3. The standard InChI is InChI=1S/C9H12N4S/c1-3-13-5-11-12-9(13)8-7(10)6(2)4-14-8/h4-5H,3,10H2,1-2H3. The molecule has 0 saturated carbocycles. The quantitative estimate of drug-likeness (QED) is 0.820. The van der Waals surface area contributed by atoms with Crippen molar-refractivity contribution in [2.75, 3.05) is 5.73 Å². The highest BCUT2D eigenvalue weighted by atomic mass is 32.1. The number of nitrogen functional groups attached to an aromatic ring is 1. The van der Waals surface area contributed by atoms with Crippen LogP contribution < -0.4 is 5.73 Å². The van der Waals surface area contributed by atoms with Gasteiger partial charge in [-0.1, -0.05) is 0 Å². The predicted octanol–water partition coefficient (Wildman–Crippen LogP) is 1.92. The van der Waals surface area contributed by atoms with Crippen LogP contribution in [0.3, 0.4) is 0 Å². The molecule has 2 aromatic rings. The minimum atomic E-state index is 0.817. The lowest BCUT2D eigenvalue weighted by Crippen LogP contribution is -1.97. The number of nitrogens with two attached hydrogens (primary N) is 1. The monoisotopic (exact) mass is 208 g/mol. The van der Waals surface area contributed by atoms with Crippen molar-refractivity contribution < 1.29 is 0 Å². The van der Waals surface area contributed by atoms with Crippen LogP contribution in [0, 0.1) is 6.92 Å². The van der Waals surface area contributed by atoms with Gasteiger partial charge in [0.2, 0.25) is 0 Å². The lowest BCUT2D eigenvalue weighted by atomic mass is 10.3. The maximum absolute atomic E-state index is 5.95. The molecular weight excluding hydrogens is 196 g/mol. The second kappa shape index (κ2) is 3.42. The molecule has 14 heavy (non-hydrogen) atoms. The normalized spacial score (nSPS) is 10.7. The first-order chi connectivity index (χ1) is 6.74. The molecule has 5 heteroatoms. The SMILES string of the molecule is CCn1cnnc1-c1scc(C)c1N. The topological polar surface area (TPSA) is 56.7 Å². The summed E-state index contributed by atoms with van der Waals surface area (Å²) in [5.41, 5.74) is 7.87. The van der Waals surface area contributed by atoms with Crippen LogP contribution in [0.2, 0.25) is 0 Å². The van der Waals surface area contributed by atoms with Crippen molar-refractivity contribution in [3.05, 3.63) is 17.3 Å². The zero-order chi connectivity index (χ0) is 10.1. The molecule has 0 radical (unpaired) electrons. The van der Waals surface area contributed by atoms with Crippen LogP contribution in [0.15, 0.2) is 11.7 Å². The number of aryl methyl sites for hydroxylation is 2. The molecule has 0 aliphatic carbocycles. The molecule has 2 rings (SSSR count). The smallest absolute Gasteiger partial charge is 0.175 e. The van der Waals surface area contributed by atoms with Crippen molar-refractivity contribution in [3.8, 4) is 10.7 Å². The largest absolute Gasteiger partial charge is 0.397 e. The van der Waals surface area contributed by atoms with Crippen molar-refractivity contribution in [1.82, 2.24) is 14.8 Å². The predicted molar refractivity (Wildman–Crippen MR) is 58.2 cm³/mol. The summed E-state index contributed by atoms with van der Waals surface area (Å²) in [6.07, 6.45) is 1.73. The molecule has 0 aromatic carbocycles. The molecule has 74 valence electrons. The van der Waals surface area contributed by atoms with Gasteiger partial charge in [0.1, 0.15) is 6.33 Å². The van der Waals surface area contributed by atoms with E-state index in [2.05, 4.69) is 17.1 Å². The van der Waals surface area contributed by atoms with E-state index in [0.29, 0.717) is 0 Å². The van der Waals surface area contributed by atoms with Crippen molar-refractivity contribution in [2.45, 2.75) is 20.4 Å². The Morgan fingerprint density at radius 1 is 1.57 bits per heavy atom. The zero-order valence-electron chi connectivity index (χ0n) is 8.19. The van der Waals surface area contributed by atoms with E-state index in [-0.39, 0.29) is 0 Å².